The average molecular weight is 407 g/mol. The van der Waals surface area contributed by atoms with Crippen molar-refractivity contribution in [1.29, 1.82) is 5.26 Å². The topological polar surface area (TPSA) is 62.1 Å². The van der Waals surface area contributed by atoms with Crippen LogP contribution in [0.25, 0.3) is 11.6 Å². The van der Waals surface area contributed by atoms with Gasteiger partial charge in [0, 0.05) is 5.69 Å². The first-order chi connectivity index (χ1) is 14.0. The van der Waals surface area contributed by atoms with Gasteiger partial charge in [0.2, 0.25) is 0 Å². The van der Waals surface area contributed by atoms with Crippen molar-refractivity contribution in [2.45, 2.75) is 0 Å². The van der Waals surface area contributed by atoms with Gasteiger partial charge >= 0.3 is 0 Å². The summed E-state index contributed by atoms with van der Waals surface area (Å²) in [4.78, 5) is 12.0. The van der Waals surface area contributed by atoms with E-state index in [1.165, 1.54) is 12.1 Å². The van der Waals surface area contributed by atoms with Crippen LogP contribution in [-0.4, -0.2) is 12.5 Å². The Kier molecular flexibility index (Phi) is 6.62. The van der Waals surface area contributed by atoms with E-state index in [1.54, 1.807) is 48.5 Å². The zero-order valence-corrected chi connectivity index (χ0v) is 16.0. The molecular formula is C23H16ClFN2O2. The summed E-state index contributed by atoms with van der Waals surface area (Å²) in [5.41, 5.74) is 2.10. The van der Waals surface area contributed by atoms with Gasteiger partial charge in [-0.2, -0.15) is 5.26 Å². The van der Waals surface area contributed by atoms with Gasteiger partial charge in [-0.25, -0.2) is 4.39 Å². The summed E-state index contributed by atoms with van der Waals surface area (Å²) < 4.78 is 18.9. The van der Waals surface area contributed by atoms with Gasteiger partial charge in [-0.3, -0.25) is 4.79 Å². The molecule has 0 heterocycles. The number of nitrogens with one attached hydrogen (secondary N) is 1. The maximum absolute atomic E-state index is 13.4. The van der Waals surface area contributed by atoms with Crippen LogP contribution >= 0.6 is 11.6 Å². The largest absolute Gasteiger partial charge is 0.482 e. The standard InChI is InChI=1S/C23H16ClFN2O2/c24-21-12-16(11-18(14-26)17-5-4-6-19(25)13-17)9-10-22(21)29-15-23(28)27-20-7-2-1-3-8-20/h1-13H,15H2,(H,27,28)/b18-11-. The maximum atomic E-state index is 13.4. The number of hydrogen-bond acceptors (Lipinski definition) is 3. The van der Waals surface area contributed by atoms with E-state index in [4.69, 9.17) is 16.3 Å². The van der Waals surface area contributed by atoms with E-state index in [2.05, 4.69) is 11.4 Å². The molecule has 3 rings (SSSR count). The number of halogens is 2. The Balaban J connectivity index is 1.68. The fourth-order valence-electron chi connectivity index (χ4n) is 2.59. The molecule has 1 amide bonds. The first kappa shape index (κ1) is 20.1. The molecule has 6 heteroatoms. The molecule has 0 spiro atoms. The van der Waals surface area contributed by atoms with Crippen LogP contribution in [0, 0.1) is 17.1 Å². The Morgan fingerprint density at radius 3 is 2.59 bits per heavy atom. The summed E-state index contributed by atoms with van der Waals surface area (Å²) in [6.07, 6.45) is 1.60. The second-order valence-electron chi connectivity index (χ2n) is 6.07. The van der Waals surface area contributed by atoms with E-state index in [-0.39, 0.29) is 12.5 Å². The smallest absolute Gasteiger partial charge is 0.262 e. The minimum absolute atomic E-state index is 0.198. The van der Waals surface area contributed by atoms with Gasteiger partial charge in [-0.1, -0.05) is 48.0 Å². The molecule has 144 valence electrons. The lowest BCUT2D eigenvalue weighted by molar-refractivity contribution is -0.118. The van der Waals surface area contributed by atoms with E-state index in [0.29, 0.717) is 33.2 Å². The number of anilines is 1. The van der Waals surface area contributed by atoms with Crippen LogP contribution in [0.3, 0.4) is 0 Å². The predicted octanol–water partition coefficient (Wildman–Crippen LogP) is 5.56. The molecule has 0 atom stereocenters. The number of ether oxygens (including phenoxy) is 1. The number of amides is 1. The highest BCUT2D eigenvalue weighted by molar-refractivity contribution is 6.32. The number of hydrogen-bond donors (Lipinski definition) is 1. The monoisotopic (exact) mass is 406 g/mol. The molecule has 0 aliphatic rings. The van der Waals surface area contributed by atoms with E-state index < -0.39 is 5.82 Å². The van der Waals surface area contributed by atoms with E-state index in [0.717, 1.165) is 0 Å². The third-order valence-corrected chi connectivity index (χ3v) is 4.23. The lowest BCUT2D eigenvalue weighted by atomic mass is 10.0. The minimum atomic E-state index is -0.417. The molecule has 4 nitrogen and oxygen atoms in total. The molecule has 0 radical (unpaired) electrons. The summed E-state index contributed by atoms with van der Waals surface area (Å²) in [6, 6.07) is 21.8. The molecule has 0 unspecified atom stereocenters. The first-order valence-corrected chi connectivity index (χ1v) is 9.08. The highest BCUT2D eigenvalue weighted by Crippen LogP contribution is 2.27. The van der Waals surface area contributed by atoms with Crippen LogP contribution < -0.4 is 10.1 Å². The molecule has 3 aromatic carbocycles. The highest BCUT2D eigenvalue weighted by atomic mass is 35.5. The Morgan fingerprint density at radius 1 is 1.10 bits per heavy atom. The van der Waals surface area contributed by atoms with E-state index in [9.17, 15) is 14.4 Å². The Bertz CT molecular complexity index is 1090. The minimum Gasteiger partial charge on any atom is -0.482 e. The number of para-hydroxylation sites is 1. The Morgan fingerprint density at radius 2 is 1.90 bits per heavy atom. The van der Waals surface area contributed by atoms with Crippen LogP contribution in [0.1, 0.15) is 11.1 Å². The van der Waals surface area contributed by atoms with Crippen molar-refractivity contribution in [3.63, 3.8) is 0 Å². The Hall–Kier alpha value is -3.62. The van der Waals surface area contributed by atoms with Crippen molar-refractivity contribution in [3.8, 4) is 11.8 Å². The summed E-state index contributed by atoms with van der Waals surface area (Å²) >= 11 is 6.24. The molecule has 0 bridgehead atoms. The van der Waals surface area contributed by atoms with Gasteiger partial charge in [0.25, 0.3) is 5.91 Å². The molecular weight excluding hydrogens is 391 g/mol. The second kappa shape index (κ2) is 9.54. The lowest BCUT2D eigenvalue weighted by Crippen LogP contribution is -2.20. The average Bonchev–Trinajstić information content (AvgIpc) is 2.72. The van der Waals surface area contributed by atoms with Crippen molar-refractivity contribution in [3.05, 3.63) is 94.8 Å². The van der Waals surface area contributed by atoms with Crippen molar-refractivity contribution in [2.75, 3.05) is 11.9 Å². The van der Waals surface area contributed by atoms with Gasteiger partial charge in [0.15, 0.2) is 6.61 Å². The normalized spacial score (nSPS) is 10.9. The summed E-state index contributed by atoms with van der Waals surface area (Å²) in [5, 5.41) is 12.4. The fraction of sp³-hybridized carbons (Fsp3) is 0.0435. The molecule has 0 saturated heterocycles. The van der Waals surface area contributed by atoms with Crippen molar-refractivity contribution >= 4 is 34.8 Å². The van der Waals surface area contributed by atoms with E-state index in [1.807, 2.05) is 18.2 Å². The summed E-state index contributed by atoms with van der Waals surface area (Å²) in [7, 11) is 0. The number of rotatable bonds is 6. The van der Waals surface area contributed by atoms with Gasteiger partial charge in [0.05, 0.1) is 16.7 Å². The van der Waals surface area contributed by atoms with Crippen LogP contribution in [0.2, 0.25) is 5.02 Å². The van der Waals surface area contributed by atoms with E-state index >= 15 is 0 Å². The van der Waals surface area contributed by atoms with Crippen LogP contribution in [0.5, 0.6) is 5.75 Å². The zero-order chi connectivity index (χ0) is 20.6. The van der Waals surface area contributed by atoms with Crippen molar-refractivity contribution < 1.29 is 13.9 Å². The quantitative estimate of drug-likeness (QED) is 0.430. The third kappa shape index (κ3) is 5.68. The lowest BCUT2D eigenvalue weighted by Gasteiger charge is -2.09. The van der Waals surface area contributed by atoms with Crippen molar-refractivity contribution in [1.82, 2.24) is 0 Å². The third-order valence-electron chi connectivity index (χ3n) is 3.94. The SMILES string of the molecule is N#C/C(=C/c1ccc(OCC(=O)Nc2ccccc2)c(Cl)c1)c1cccc(F)c1. The van der Waals surface area contributed by atoms with Gasteiger partial charge < -0.3 is 10.1 Å². The fourth-order valence-corrected chi connectivity index (χ4v) is 2.83. The van der Waals surface area contributed by atoms with Crippen molar-refractivity contribution in [2.24, 2.45) is 0 Å². The van der Waals surface area contributed by atoms with Crippen LogP contribution in [0.4, 0.5) is 10.1 Å². The maximum Gasteiger partial charge on any atom is 0.262 e. The van der Waals surface area contributed by atoms with Crippen LogP contribution in [-0.2, 0) is 4.79 Å². The molecule has 0 aromatic heterocycles. The molecule has 0 fully saturated rings. The predicted molar refractivity (Wildman–Crippen MR) is 112 cm³/mol. The molecule has 3 aromatic rings. The molecule has 0 aliphatic heterocycles. The van der Waals surface area contributed by atoms with Gasteiger partial charge in [-0.15, -0.1) is 0 Å². The number of allylic oxidation sites excluding steroid dienone is 1. The molecule has 1 N–H and O–H groups in total. The molecule has 0 saturated carbocycles. The summed E-state index contributed by atoms with van der Waals surface area (Å²) in [6.45, 7) is -0.198. The molecule has 29 heavy (non-hydrogen) atoms. The zero-order valence-electron chi connectivity index (χ0n) is 15.2. The number of nitriles is 1. The number of carbonyl (C=O) groups is 1. The van der Waals surface area contributed by atoms with Gasteiger partial charge in [-0.05, 0) is 53.6 Å². The highest BCUT2D eigenvalue weighted by Gasteiger charge is 2.08. The second-order valence-corrected chi connectivity index (χ2v) is 6.48. The van der Waals surface area contributed by atoms with Gasteiger partial charge in [0.1, 0.15) is 11.6 Å². The molecule has 0 aliphatic carbocycles. The number of nitrogens with zero attached hydrogens (tertiary/aromatic N) is 1. The first-order valence-electron chi connectivity index (χ1n) is 8.70. The Labute approximate surface area is 172 Å². The number of carbonyl (C=O) groups excluding carboxylic acids is 1. The van der Waals surface area contributed by atoms with Crippen LogP contribution in [0.15, 0.2) is 72.8 Å². The number of benzene rings is 3. The summed E-state index contributed by atoms with van der Waals surface area (Å²) in [5.74, 6) is -0.385.